The Morgan fingerprint density at radius 3 is 2.60 bits per heavy atom. The van der Waals surface area contributed by atoms with E-state index in [1.54, 1.807) is 18.2 Å². The van der Waals surface area contributed by atoms with Crippen LogP contribution < -0.4 is 15.6 Å². The summed E-state index contributed by atoms with van der Waals surface area (Å²) in [5.41, 5.74) is 1.52. The number of ether oxygens (including phenoxy) is 1. The minimum Gasteiger partial charge on any atom is -0.497 e. The summed E-state index contributed by atoms with van der Waals surface area (Å²) in [5, 5.41) is 14.7. The number of guanidine groups is 1. The predicted octanol–water partition coefficient (Wildman–Crippen LogP) is 5.47. The van der Waals surface area contributed by atoms with Crippen LogP contribution in [0, 0.1) is 29.0 Å². The molecule has 4 fully saturated rings. The Balaban J connectivity index is 1.22. The molecule has 3 aliphatic carbocycles. The van der Waals surface area contributed by atoms with Crippen molar-refractivity contribution in [2.45, 2.75) is 78.0 Å². The number of aliphatic imine (C=N–C) groups is 1. The Hall–Kier alpha value is -3.46. The summed E-state index contributed by atoms with van der Waals surface area (Å²) in [6.45, 7) is 10.8. The first kappa shape index (κ1) is 29.6. The smallest absolute Gasteiger partial charge is 0.261 e. The molecule has 1 saturated heterocycles. The van der Waals surface area contributed by atoms with Crippen LogP contribution in [0.25, 0.3) is 10.9 Å². The highest BCUT2D eigenvalue weighted by Crippen LogP contribution is 2.61. The lowest BCUT2D eigenvalue weighted by molar-refractivity contribution is -0.108. The molecule has 43 heavy (non-hydrogen) atoms. The fourth-order valence-corrected chi connectivity index (χ4v) is 7.47. The van der Waals surface area contributed by atoms with Gasteiger partial charge in [-0.3, -0.25) is 9.36 Å². The number of anilines is 1. The Labute approximate surface area is 253 Å². The normalized spacial score (nSPS) is 26.2. The maximum atomic E-state index is 14.4. The minimum atomic E-state index is -0.655. The van der Waals surface area contributed by atoms with Crippen LogP contribution in [0.4, 0.5) is 10.1 Å². The van der Waals surface area contributed by atoms with Gasteiger partial charge < -0.3 is 20.1 Å². The van der Waals surface area contributed by atoms with Crippen LogP contribution in [0.15, 0.2) is 52.5 Å². The number of piperidine rings is 1. The van der Waals surface area contributed by atoms with Gasteiger partial charge in [-0.2, -0.15) is 0 Å². The van der Waals surface area contributed by atoms with Crippen LogP contribution in [0.2, 0.25) is 0 Å². The first-order valence-corrected chi connectivity index (χ1v) is 15.6. The quantitative estimate of drug-likeness (QED) is 0.293. The fourth-order valence-electron chi connectivity index (χ4n) is 7.47. The highest BCUT2D eigenvalue weighted by Gasteiger charge is 2.56. The van der Waals surface area contributed by atoms with Crippen molar-refractivity contribution in [2.24, 2.45) is 28.2 Å². The average molecular weight is 590 g/mol. The van der Waals surface area contributed by atoms with Crippen molar-refractivity contribution in [2.75, 3.05) is 25.5 Å². The summed E-state index contributed by atoms with van der Waals surface area (Å²) in [6, 6.07) is 10.6. The molecule has 0 radical (unpaired) electrons. The van der Waals surface area contributed by atoms with Crippen molar-refractivity contribution in [1.29, 1.82) is 0 Å². The second-order valence-corrected chi connectivity index (χ2v) is 13.8. The maximum Gasteiger partial charge on any atom is 0.261 e. The standard InChI is InChI=1S/C34H44FN5O3/c1-21-27-16-23(33(27,2)3)17-29(21)38-32(39-14-11-34(4,42)12-15-39)37-24-7-9-26-30(18-24)36-20-40(31(26)41)13-10-22-6-8-25(43-5)19-28(22)35/h6-9,18-21,23,27,29,42H,10-17H2,1-5H3,(H,37,38)/t21-,23-,27+,29-/m0/s1. The van der Waals surface area contributed by atoms with Gasteiger partial charge in [-0.15, -0.1) is 0 Å². The third-order valence-electron chi connectivity index (χ3n) is 10.7. The van der Waals surface area contributed by atoms with Gasteiger partial charge in [-0.05, 0) is 92.0 Å². The largest absolute Gasteiger partial charge is 0.497 e. The molecule has 2 bridgehead atoms. The molecule has 1 aliphatic heterocycles. The van der Waals surface area contributed by atoms with Gasteiger partial charge in [0.25, 0.3) is 5.56 Å². The van der Waals surface area contributed by atoms with Crippen molar-refractivity contribution < 1.29 is 14.2 Å². The topological polar surface area (TPSA) is 92.0 Å². The van der Waals surface area contributed by atoms with Gasteiger partial charge in [0.2, 0.25) is 0 Å². The lowest BCUT2D eigenvalue weighted by Crippen LogP contribution is -2.57. The molecule has 2 aromatic carbocycles. The molecule has 1 aromatic heterocycles. The zero-order valence-corrected chi connectivity index (χ0v) is 25.9. The third-order valence-corrected chi connectivity index (χ3v) is 10.7. The van der Waals surface area contributed by atoms with Gasteiger partial charge in [0.15, 0.2) is 5.96 Å². The van der Waals surface area contributed by atoms with Gasteiger partial charge >= 0.3 is 0 Å². The number of likely N-dealkylation sites (tertiary alicyclic amines) is 1. The Bertz CT molecular complexity index is 1590. The van der Waals surface area contributed by atoms with Crippen molar-refractivity contribution >= 4 is 22.5 Å². The second kappa shape index (κ2) is 11.2. The summed E-state index contributed by atoms with van der Waals surface area (Å²) in [6.07, 6.45) is 5.68. The number of hydrogen-bond acceptors (Lipinski definition) is 5. The van der Waals surface area contributed by atoms with Gasteiger partial charge in [-0.25, -0.2) is 14.4 Å². The monoisotopic (exact) mass is 589 g/mol. The Kier molecular flexibility index (Phi) is 7.73. The molecular weight excluding hydrogens is 545 g/mol. The van der Waals surface area contributed by atoms with E-state index in [0.29, 0.717) is 71.2 Å². The van der Waals surface area contributed by atoms with Crippen molar-refractivity contribution in [3.8, 4) is 5.75 Å². The molecule has 8 nitrogen and oxygen atoms in total. The van der Waals surface area contributed by atoms with Crippen LogP contribution in [0.3, 0.4) is 0 Å². The van der Waals surface area contributed by atoms with Gasteiger partial charge in [-0.1, -0.05) is 26.8 Å². The molecule has 3 aromatic rings. The number of aliphatic hydroxyl groups is 1. The lowest BCUT2D eigenvalue weighted by atomic mass is 9.45. The van der Waals surface area contributed by atoms with E-state index >= 15 is 0 Å². The molecule has 2 heterocycles. The number of halogens is 1. The summed E-state index contributed by atoms with van der Waals surface area (Å²) < 4.78 is 21.0. The fraction of sp³-hybridized carbons (Fsp3) is 0.559. The minimum absolute atomic E-state index is 0.157. The van der Waals surface area contributed by atoms with Gasteiger partial charge in [0, 0.05) is 31.4 Å². The molecule has 0 unspecified atom stereocenters. The van der Waals surface area contributed by atoms with E-state index in [4.69, 9.17) is 9.73 Å². The van der Waals surface area contributed by atoms with Crippen LogP contribution in [-0.4, -0.2) is 57.4 Å². The molecule has 230 valence electrons. The van der Waals surface area contributed by atoms with E-state index < -0.39 is 5.60 Å². The van der Waals surface area contributed by atoms with Crippen molar-refractivity contribution in [1.82, 2.24) is 14.5 Å². The molecule has 0 spiro atoms. The molecule has 9 heteroatoms. The number of aromatic nitrogens is 2. The van der Waals surface area contributed by atoms with Crippen LogP contribution in [0.1, 0.15) is 58.9 Å². The highest BCUT2D eigenvalue weighted by molar-refractivity contribution is 5.96. The van der Waals surface area contributed by atoms with Crippen LogP contribution in [0.5, 0.6) is 5.75 Å². The van der Waals surface area contributed by atoms with E-state index in [1.807, 2.05) is 19.1 Å². The number of aryl methyl sites for hydroxylation is 2. The third kappa shape index (κ3) is 5.76. The summed E-state index contributed by atoms with van der Waals surface area (Å²) >= 11 is 0. The number of rotatable bonds is 6. The van der Waals surface area contributed by atoms with Crippen LogP contribution in [-0.2, 0) is 13.0 Å². The number of fused-ring (bicyclic) bond motifs is 3. The predicted molar refractivity (Wildman–Crippen MR) is 168 cm³/mol. The Morgan fingerprint density at radius 2 is 1.93 bits per heavy atom. The Morgan fingerprint density at radius 1 is 1.16 bits per heavy atom. The first-order valence-electron chi connectivity index (χ1n) is 15.6. The van der Waals surface area contributed by atoms with E-state index in [-0.39, 0.29) is 17.4 Å². The van der Waals surface area contributed by atoms with Crippen LogP contribution >= 0.6 is 0 Å². The zero-order valence-electron chi connectivity index (χ0n) is 25.9. The number of methoxy groups -OCH3 is 1. The zero-order chi connectivity index (χ0) is 30.5. The molecular formula is C34H44FN5O3. The molecule has 7 rings (SSSR count). The average Bonchev–Trinajstić information content (AvgIpc) is 2.97. The number of benzene rings is 2. The molecule has 0 amide bonds. The van der Waals surface area contributed by atoms with E-state index in [0.717, 1.165) is 31.2 Å². The van der Waals surface area contributed by atoms with Crippen molar-refractivity contribution in [3.63, 3.8) is 0 Å². The van der Waals surface area contributed by atoms with Gasteiger partial charge in [0.1, 0.15) is 11.6 Å². The number of nitrogens with zero attached hydrogens (tertiary/aromatic N) is 4. The number of hydrogen-bond donors (Lipinski definition) is 2. The highest BCUT2D eigenvalue weighted by atomic mass is 19.1. The second-order valence-electron chi connectivity index (χ2n) is 13.8. The first-order chi connectivity index (χ1) is 20.4. The molecule has 4 atom stereocenters. The van der Waals surface area contributed by atoms with E-state index in [9.17, 15) is 14.3 Å². The summed E-state index contributed by atoms with van der Waals surface area (Å²) in [7, 11) is 1.50. The lowest BCUT2D eigenvalue weighted by Gasteiger charge is -2.61. The maximum absolute atomic E-state index is 14.4. The summed E-state index contributed by atoms with van der Waals surface area (Å²) in [4.78, 5) is 25.5. The SMILES string of the molecule is COc1ccc(CCn2cnc3cc(NC(=N[C@H]4C[C@@H]5C[C@H]([C@@H]4C)C5(C)C)N4CCC(C)(O)CC4)ccc3c2=O)c(F)c1. The van der Waals surface area contributed by atoms with E-state index in [2.05, 4.69) is 36.0 Å². The van der Waals surface area contributed by atoms with Gasteiger partial charge in [0.05, 0.1) is 36.0 Å². The summed E-state index contributed by atoms with van der Waals surface area (Å²) in [5.74, 6) is 2.85. The molecule has 3 saturated carbocycles. The molecule has 2 N–H and O–H groups in total. The molecule has 4 aliphatic rings. The van der Waals surface area contributed by atoms with E-state index in [1.165, 1.54) is 30.5 Å². The number of nitrogens with one attached hydrogen (secondary N) is 1. The van der Waals surface area contributed by atoms with Crippen molar-refractivity contribution in [3.05, 3.63) is 64.5 Å².